The third kappa shape index (κ3) is 9.14. The Morgan fingerprint density at radius 3 is 2.28 bits per heavy atom. The Morgan fingerprint density at radius 2 is 1.69 bits per heavy atom. The van der Waals surface area contributed by atoms with Crippen molar-refractivity contribution in [3.05, 3.63) is 63.1 Å². The molecule has 2 rings (SSSR count). The Kier molecular flexibility index (Phi) is 11.3. The number of nitrogens with zero attached hydrogens (tertiary/aromatic N) is 2. The first-order valence-corrected chi connectivity index (χ1v) is 14.5. The van der Waals surface area contributed by atoms with Crippen molar-refractivity contribution in [1.29, 1.82) is 0 Å². The highest BCUT2D eigenvalue weighted by atomic mass is 35.5. The van der Waals surface area contributed by atoms with Gasteiger partial charge in [-0.3, -0.25) is 13.9 Å². The minimum Gasteiger partial charge on any atom is -0.354 e. The Hall–Kier alpha value is -2.00. The summed E-state index contributed by atoms with van der Waals surface area (Å²) in [5, 5.41) is 4.02. The van der Waals surface area contributed by atoms with Gasteiger partial charge in [0.15, 0.2) is 0 Å². The van der Waals surface area contributed by atoms with Crippen molar-refractivity contribution < 1.29 is 18.0 Å². The maximum Gasteiger partial charge on any atom is 0.242 e. The molecule has 0 radical (unpaired) electrons. The quantitative estimate of drug-likeness (QED) is 0.367. The number of sulfonamides is 1. The molecule has 2 aromatic carbocycles. The summed E-state index contributed by atoms with van der Waals surface area (Å²) in [4.78, 5) is 27.6. The van der Waals surface area contributed by atoms with Crippen LogP contribution in [0.15, 0.2) is 42.5 Å². The summed E-state index contributed by atoms with van der Waals surface area (Å²) in [6.45, 7) is 6.35. The van der Waals surface area contributed by atoms with Crippen LogP contribution in [0.1, 0.15) is 39.2 Å². The maximum atomic E-state index is 13.3. The normalized spacial score (nSPS) is 12.3. The number of hydrogen-bond acceptors (Lipinski definition) is 4. The highest BCUT2D eigenvalue weighted by Gasteiger charge is 2.27. The fourth-order valence-electron chi connectivity index (χ4n) is 3.50. The van der Waals surface area contributed by atoms with Crippen LogP contribution in [-0.4, -0.2) is 50.5 Å². The van der Waals surface area contributed by atoms with E-state index in [4.69, 9.17) is 34.8 Å². The fourth-order valence-corrected chi connectivity index (χ4v) is 4.97. The van der Waals surface area contributed by atoms with Gasteiger partial charge in [-0.15, -0.1) is 0 Å². The molecule has 2 aromatic rings. The molecule has 0 saturated carbocycles. The van der Waals surface area contributed by atoms with E-state index < -0.39 is 16.1 Å². The highest BCUT2D eigenvalue weighted by molar-refractivity contribution is 7.92. The summed E-state index contributed by atoms with van der Waals surface area (Å²) in [6, 6.07) is 10.8. The molecule has 0 saturated heterocycles. The summed E-state index contributed by atoms with van der Waals surface area (Å²) >= 11 is 18.2. The van der Waals surface area contributed by atoms with Crippen LogP contribution in [0.3, 0.4) is 0 Å². The Labute approximate surface area is 228 Å². The number of benzene rings is 2. The van der Waals surface area contributed by atoms with E-state index in [2.05, 4.69) is 5.32 Å². The summed E-state index contributed by atoms with van der Waals surface area (Å²) in [5.74, 6) is -0.296. The first-order chi connectivity index (χ1) is 16.8. The van der Waals surface area contributed by atoms with Crippen molar-refractivity contribution >= 4 is 62.3 Å². The number of amides is 2. The Balaban J connectivity index is 2.19. The monoisotopic (exact) mass is 575 g/mol. The minimum absolute atomic E-state index is 0.0374. The highest BCUT2D eigenvalue weighted by Crippen LogP contribution is 2.25. The van der Waals surface area contributed by atoms with Crippen LogP contribution >= 0.6 is 34.8 Å². The lowest BCUT2D eigenvalue weighted by Gasteiger charge is -2.30. The molecule has 1 atom stereocenters. The molecule has 0 spiro atoms. The average Bonchev–Trinajstić information content (AvgIpc) is 2.79. The molecule has 7 nitrogen and oxygen atoms in total. The number of rotatable bonds is 12. The third-order valence-corrected chi connectivity index (χ3v) is 7.61. The average molecular weight is 577 g/mol. The van der Waals surface area contributed by atoms with Crippen molar-refractivity contribution in [3.63, 3.8) is 0 Å². The number of anilines is 1. The Morgan fingerprint density at radius 1 is 1.00 bits per heavy atom. The smallest absolute Gasteiger partial charge is 0.242 e. The van der Waals surface area contributed by atoms with Gasteiger partial charge in [0.05, 0.1) is 22.0 Å². The maximum absolute atomic E-state index is 13.3. The van der Waals surface area contributed by atoms with Gasteiger partial charge in [0.2, 0.25) is 21.8 Å². The fraction of sp³-hybridized carbons (Fsp3) is 0.440. The number of hydrogen-bond donors (Lipinski definition) is 1. The van der Waals surface area contributed by atoms with Crippen molar-refractivity contribution in [2.45, 2.75) is 46.2 Å². The molecule has 0 heterocycles. The summed E-state index contributed by atoms with van der Waals surface area (Å²) in [6.07, 6.45) is 1.39. The zero-order chi connectivity index (χ0) is 27.0. The van der Waals surface area contributed by atoms with Crippen LogP contribution in [0, 0.1) is 5.92 Å². The summed E-state index contributed by atoms with van der Waals surface area (Å²) in [5.41, 5.74) is 1.14. The lowest BCUT2D eigenvalue weighted by molar-refractivity contribution is -0.140. The van der Waals surface area contributed by atoms with Gasteiger partial charge in [0, 0.05) is 31.1 Å². The number of halogens is 3. The molecule has 0 fully saturated rings. The lowest BCUT2D eigenvalue weighted by atomic mass is 10.1. The van der Waals surface area contributed by atoms with E-state index in [9.17, 15) is 18.0 Å². The molecule has 36 heavy (non-hydrogen) atoms. The molecule has 0 aromatic heterocycles. The number of carbonyl (C=O) groups excluding carboxylic acids is 2. The van der Waals surface area contributed by atoms with Gasteiger partial charge in [-0.2, -0.15) is 0 Å². The van der Waals surface area contributed by atoms with E-state index in [0.29, 0.717) is 27.3 Å². The van der Waals surface area contributed by atoms with Crippen LogP contribution in [-0.2, 0) is 26.2 Å². The van der Waals surface area contributed by atoms with Crippen LogP contribution in [0.5, 0.6) is 0 Å². The molecule has 11 heteroatoms. The molecule has 0 aliphatic rings. The van der Waals surface area contributed by atoms with E-state index in [1.165, 1.54) is 9.21 Å². The molecule has 1 N–H and O–H groups in total. The molecule has 0 bridgehead atoms. The number of nitrogens with one attached hydrogen (secondary N) is 1. The van der Waals surface area contributed by atoms with E-state index in [1.54, 1.807) is 49.4 Å². The van der Waals surface area contributed by atoms with Gasteiger partial charge >= 0.3 is 0 Å². The molecular weight excluding hydrogens is 545 g/mol. The van der Waals surface area contributed by atoms with E-state index in [0.717, 1.165) is 11.8 Å². The second kappa shape index (κ2) is 13.5. The SMILES string of the molecule is CC(C)CNC(=O)[C@@H](C)N(Cc1ccc(Cl)c(Cl)c1)C(=O)CCCN(c1cccc(Cl)c1)S(C)(=O)=O. The van der Waals surface area contributed by atoms with Crippen LogP contribution in [0.2, 0.25) is 15.1 Å². The van der Waals surface area contributed by atoms with Gasteiger partial charge in [-0.1, -0.05) is 60.8 Å². The minimum atomic E-state index is -3.60. The molecule has 0 aliphatic heterocycles. The van der Waals surface area contributed by atoms with E-state index >= 15 is 0 Å². The van der Waals surface area contributed by atoms with Gasteiger partial charge in [0.1, 0.15) is 6.04 Å². The van der Waals surface area contributed by atoms with Gasteiger partial charge < -0.3 is 10.2 Å². The van der Waals surface area contributed by atoms with Crippen molar-refractivity contribution in [1.82, 2.24) is 10.2 Å². The van der Waals surface area contributed by atoms with Gasteiger partial charge in [-0.25, -0.2) is 8.42 Å². The lowest BCUT2D eigenvalue weighted by Crippen LogP contribution is -2.48. The molecular formula is C25H32Cl3N3O4S. The van der Waals surface area contributed by atoms with Crippen LogP contribution in [0.25, 0.3) is 0 Å². The zero-order valence-electron chi connectivity index (χ0n) is 20.8. The van der Waals surface area contributed by atoms with E-state index in [1.807, 2.05) is 13.8 Å². The molecule has 198 valence electrons. The third-order valence-electron chi connectivity index (χ3n) is 5.44. The van der Waals surface area contributed by atoms with E-state index in [-0.39, 0.29) is 43.7 Å². The Bertz CT molecular complexity index is 1170. The second-order valence-electron chi connectivity index (χ2n) is 9.00. The second-order valence-corrected chi connectivity index (χ2v) is 12.2. The summed E-state index contributed by atoms with van der Waals surface area (Å²) < 4.78 is 26.0. The predicted molar refractivity (Wildman–Crippen MR) is 147 cm³/mol. The topological polar surface area (TPSA) is 86.8 Å². The predicted octanol–water partition coefficient (Wildman–Crippen LogP) is 5.38. The largest absolute Gasteiger partial charge is 0.354 e. The standard InChI is InChI=1S/C25H32Cl3N3O4S/c1-17(2)15-29-25(33)18(3)30(16-19-10-11-22(27)23(28)13-19)24(32)9-6-12-31(36(4,34)35)21-8-5-7-20(26)14-21/h5,7-8,10-11,13-14,17-18H,6,9,12,15-16H2,1-4H3,(H,29,33)/t18-/m1/s1. The van der Waals surface area contributed by atoms with Crippen molar-refractivity contribution in [2.75, 3.05) is 23.7 Å². The number of carbonyl (C=O) groups is 2. The first-order valence-electron chi connectivity index (χ1n) is 11.5. The van der Waals surface area contributed by atoms with Crippen molar-refractivity contribution in [2.24, 2.45) is 5.92 Å². The van der Waals surface area contributed by atoms with Gasteiger partial charge in [-0.05, 0) is 55.2 Å². The molecule has 0 aliphatic carbocycles. The van der Waals surface area contributed by atoms with Crippen molar-refractivity contribution in [3.8, 4) is 0 Å². The molecule has 0 unspecified atom stereocenters. The first kappa shape index (κ1) is 30.2. The zero-order valence-corrected chi connectivity index (χ0v) is 23.9. The van der Waals surface area contributed by atoms with Crippen LogP contribution < -0.4 is 9.62 Å². The molecule has 2 amide bonds. The van der Waals surface area contributed by atoms with Gasteiger partial charge in [0.25, 0.3) is 0 Å². The summed E-state index contributed by atoms with van der Waals surface area (Å²) in [7, 11) is -3.60. The van der Waals surface area contributed by atoms with Crippen LogP contribution in [0.4, 0.5) is 5.69 Å².